The molecule has 0 saturated carbocycles. The number of hydrogen-bond donors (Lipinski definition) is 4. The number of pyridine rings is 1. The summed E-state index contributed by atoms with van der Waals surface area (Å²) in [4.78, 5) is 23.6. The van der Waals surface area contributed by atoms with E-state index in [9.17, 15) is 13.6 Å². The van der Waals surface area contributed by atoms with Gasteiger partial charge in [-0.15, -0.1) is 0 Å². The minimum atomic E-state index is -0.750. The second kappa shape index (κ2) is 9.69. The molecule has 4 N–H and O–H groups in total. The van der Waals surface area contributed by atoms with E-state index in [-0.39, 0.29) is 43.2 Å². The van der Waals surface area contributed by atoms with Crippen molar-refractivity contribution >= 4 is 23.4 Å². The largest absolute Gasteiger partial charge is 0.394 e. The number of aliphatic hydroxyl groups is 1. The van der Waals surface area contributed by atoms with E-state index in [2.05, 4.69) is 36.0 Å². The number of amides is 1. The SMILES string of the molecule is CC(CO)NC(=O)Cn1cc(Nc2nccc(NCc3c(F)cncc3F)n2)cn1. The lowest BCUT2D eigenvalue weighted by molar-refractivity contribution is -0.122. The van der Waals surface area contributed by atoms with Crippen LogP contribution in [0, 0.1) is 11.6 Å². The molecule has 30 heavy (non-hydrogen) atoms. The Hall–Kier alpha value is -3.67. The van der Waals surface area contributed by atoms with Crippen molar-refractivity contribution in [2.75, 3.05) is 17.2 Å². The third-order valence-corrected chi connectivity index (χ3v) is 3.93. The van der Waals surface area contributed by atoms with Crippen LogP contribution in [0.15, 0.2) is 37.1 Å². The summed E-state index contributed by atoms with van der Waals surface area (Å²) in [5.74, 6) is -1.20. The lowest BCUT2D eigenvalue weighted by Gasteiger charge is -2.10. The van der Waals surface area contributed by atoms with Gasteiger partial charge in [0.25, 0.3) is 0 Å². The molecule has 158 valence electrons. The van der Waals surface area contributed by atoms with Crippen molar-refractivity contribution in [3.63, 3.8) is 0 Å². The van der Waals surface area contributed by atoms with Gasteiger partial charge in [0.1, 0.15) is 24.0 Å². The van der Waals surface area contributed by atoms with Crippen LogP contribution in [0.1, 0.15) is 12.5 Å². The molecule has 0 bridgehead atoms. The van der Waals surface area contributed by atoms with Gasteiger partial charge in [0.15, 0.2) is 0 Å². The normalized spacial score (nSPS) is 11.7. The predicted molar refractivity (Wildman–Crippen MR) is 104 cm³/mol. The van der Waals surface area contributed by atoms with Crippen LogP contribution < -0.4 is 16.0 Å². The van der Waals surface area contributed by atoms with Crippen molar-refractivity contribution in [2.24, 2.45) is 0 Å². The molecule has 0 aliphatic heterocycles. The zero-order chi connectivity index (χ0) is 21.5. The first-order valence-electron chi connectivity index (χ1n) is 8.99. The number of aromatic nitrogens is 5. The van der Waals surface area contributed by atoms with Gasteiger partial charge in [0, 0.05) is 30.5 Å². The highest BCUT2D eigenvalue weighted by atomic mass is 19.1. The fourth-order valence-electron chi connectivity index (χ4n) is 2.46. The molecule has 12 heteroatoms. The Bertz CT molecular complexity index is 993. The Morgan fingerprint density at radius 3 is 2.77 bits per heavy atom. The monoisotopic (exact) mass is 418 g/mol. The van der Waals surface area contributed by atoms with E-state index in [1.807, 2.05) is 0 Å². The smallest absolute Gasteiger partial charge is 0.242 e. The van der Waals surface area contributed by atoms with Gasteiger partial charge >= 0.3 is 0 Å². The lowest BCUT2D eigenvalue weighted by atomic mass is 10.2. The van der Waals surface area contributed by atoms with Crippen LogP contribution in [0.4, 0.5) is 26.2 Å². The Kier molecular flexibility index (Phi) is 6.80. The van der Waals surface area contributed by atoms with Crippen LogP contribution in [0.5, 0.6) is 0 Å². The molecule has 10 nitrogen and oxygen atoms in total. The van der Waals surface area contributed by atoms with Crippen molar-refractivity contribution < 1.29 is 18.7 Å². The first-order valence-corrected chi connectivity index (χ1v) is 8.99. The minimum absolute atomic E-state index is 0.0163. The third kappa shape index (κ3) is 5.67. The summed E-state index contributed by atoms with van der Waals surface area (Å²) in [6, 6.07) is 1.21. The summed E-state index contributed by atoms with van der Waals surface area (Å²) in [6.45, 7) is 1.40. The van der Waals surface area contributed by atoms with Crippen LogP contribution in [-0.4, -0.2) is 48.4 Å². The van der Waals surface area contributed by atoms with E-state index in [4.69, 9.17) is 5.11 Å². The molecule has 3 heterocycles. The standard InChI is InChI=1S/C18H20F2N8O2/c1-11(10-29)25-17(30)9-28-8-12(4-24-28)26-18-22-3-2-16(27-18)23-5-13-14(19)6-21-7-15(13)20/h2-4,6-8,11,29H,5,9-10H2,1H3,(H,25,30)(H2,22,23,26,27). The predicted octanol–water partition coefficient (Wildman–Crippen LogP) is 1.20. The number of aliphatic hydroxyl groups excluding tert-OH is 1. The molecule has 0 spiro atoms. The summed E-state index contributed by atoms with van der Waals surface area (Å²) in [6.07, 6.45) is 6.44. The minimum Gasteiger partial charge on any atom is -0.394 e. The Morgan fingerprint density at radius 1 is 1.27 bits per heavy atom. The topological polar surface area (TPSA) is 130 Å². The molecule has 0 fully saturated rings. The summed E-state index contributed by atoms with van der Waals surface area (Å²) >= 11 is 0. The van der Waals surface area contributed by atoms with Crippen LogP contribution in [0.25, 0.3) is 0 Å². The molecule has 1 unspecified atom stereocenters. The van der Waals surface area contributed by atoms with E-state index in [1.165, 1.54) is 17.1 Å². The molecule has 0 aromatic carbocycles. The van der Waals surface area contributed by atoms with Gasteiger partial charge in [0.2, 0.25) is 11.9 Å². The quantitative estimate of drug-likeness (QED) is 0.408. The summed E-state index contributed by atoms with van der Waals surface area (Å²) in [5, 5.41) is 21.4. The number of hydrogen-bond acceptors (Lipinski definition) is 8. The zero-order valence-electron chi connectivity index (χ0n) is 16.0. The van der Waals surface area contributed by atoms with Crippen molar-refractivity contribution in [3.8, 4) is 0 Å². The second-order valence-corrected chi connectivity index (χ2v) is 6.40. The van der Waals surface area contributed by atoms with Crippen LogP contribution >= 0.6 is 0 Å². The van der Waals surface area contributed by atoms with E-state index in [0.29, 0.717) is 11.5 Å². The van der Waals surface area contributed by atoms with Crippen molar-refractivity contribution in [1.82, 2.24) is 30.0 Å². The molecule has 1 atom stereocenters. The van der Waals surface area contributed by atoms with Crippen molar-refractivity contribution in [3.05, 3.63) is 54.2 Å². The molecule has 0 aliphatic carbocycles. The van der Waals surface area contributed by atoms with Gasteiger partial charge in [-0.3, -0.25) is 14.5 Å². The summed E-state index contributed by atoms with van der Waals surface area (Å²) in [7, 11) is 0. The number of nitrogens with one attached hydrogen (secondary N) is 3. The van der Waals surface area contributed by atoms with Gasteiger partial charge < -0.3 is 21.1 Å². The van der Waals surface area contributed by atoms with Crippen molar-refractivity contribution in [1.29, 1.82) is 0 Å². The second-order valence-electron chi connectivity index (χ2n) is 6.40. The molecule has 3 rings (SSSR count). The summed E-state index contributed by atoms with van der Waals surface area (Å²) in [5.41, 5.74) is 0.398. The van der Waals surface area contributed by atoms with E-state index in [1.54, 1.807) is 19.2 Å². The number of nitrogens with zero attached hydrogens (tertiary/aromatic N) is 5. The average Bonchev–Trinajstić information content (AvgIpc) is 3.14. The molecule has 0 radical (unpaired) electrons. The fraction of sp³-hybridized carbons (Fsp3) is 0.278. The number of rotatable bonds is 9. The third-order valence-electron chi connectivity index (χ3n) is 3.93. The molecular formula is C18H20F2N8O2. The zero-order valence-corrected chi connectivity index (χ0v) is 16.0. The van der Waals surface area contributed by atoms with Gasteiger partial charge in [-0.25, -0.2) is 13.8 Å². The van der Waals surface area contributed by atoms with Gasteiger partial charge in [0.05, 0.1) is 30.9 Å². The molecular weight excluding hydrogens is 398 g/mol. The highest BCUT2D eigenvalue weighted by Gasteiger charge is 2.11. The molecule has 3 aromatic rings. The Balaban J connectivity index is 1.59. The van der Waals surface area contributed by atoms with Crippen LogP contribution in [0.2, 0.25) is 0 Å². The van der Waals surface area contributed by atoms with E-state index in [0.717, 1.165) is 12.4 Å². The Labute approximate surface area is 170 Å². The maximum absolute atomic E-state index is 13.7. The van der Waals surface area contributed by atoms with E-state index < -0.39 is 11.6 Å². The fourth-order valence-corrected chi connectivity index (χ4v) is 2.46. The van der Waals surface area contributed by atoms with Gasteiger partial charge in [-0.2, -0.15) is 10.1 Å². The number of carbonyl (C=O) groups excluding carboxylic acids is 1. The Morgan fingerprint density at radius 2 is 2.03 bits per heavy atom. The average molecular weight is 418 g/mol. The first-order chi connectivity index (χ1) is 14.4. The molecule has 0 aliphatic rings. The lowest BCUT2D eigenvalue weighted by Crippen LogP contribution is -2.37. The van der Waals surface area contributed by atoms with E-state index >= 15 is 0 Å². The number of carbonyl (C=O) groups is 1. The summed E-state index contributed by atoms with van der Waals surface area (Å²) < 4.78 is 28.7. The van der Waals surface area contributed by atoms with Crippen LogP contribution in [0.3, 0.4) is 0 Å². The molecule has 3 aromatic heterocycles. The number of halogens is 2. The van der Waals surface area contributed by atoms with Crippen LogP contribution in [-0.2, 0) is 17.9 Å². The first kappa shape index (κ1) is 21.0. The highest BCUT2D eigenvalue weighted by Crippen LogP contribution is 2.15. The number of anilines is 3. The maximum Gasteiger partial charge on any atom is 0.242 e. The molecule has 1 amide bonds. The maximum atomic E-state index is 13.7. The highest BCUT2D eigenvalue weighted by molar-refractivity contribution is 5.76. The van der Waals surface area contributed by atoms with Crippen molar-refractivity contribution in [2.45, 2.75) is 26.1 Å². The van der Waals surface area contributed by atoms with Gasteiger partial charge in [-0.05, 0) is 13.0 Å². The molecule has 0 saturated heterocycles. The van der Waals surface area contributed by atoms with Gasteiger partial charge in [-0.1, -0.05) is 0 Å².